The lowest BCUT2D eigenvalue weighted by Gasteiger charge is -1.92. The summed E-state index contributed by atoms with van der Waals surface area (Å²) in [6, 6.07) is 3.26. The van der Waals surface area contributed by atoms with E-state index in [1.807, 2.05) is 5.38 Å². The first kappa shape index (κ1) is 7.71. The predicted octanol–water partition coefficient (Wildman–Crippen LogP) is 3.37. The van der Waals surface area contributed by atoms with Crippen LogP contribution in [0.4, 0.5) is 0 Å². The Morgan fingerprint density at radius 2 is 2.25 bits per heavy atom. The SMILES string of the molecule is Oc1ccoc1-c1sccc1Cl. The standard InChI is InChI=1S/C8H5ClO2S/c9-5-2-4-12-8(5)7-6(10)1-3-11-7/h1-4,10H. The van der Waals surface area contributed by atoms with Crippen LogP contribution < -0.4 is 0 Å². The first-order valence-electron chi connectivity index (χ1n) is 3.29. The minimum atomic E-state index is 0.124. The first-order valence-corrected chi connectivity index (χ1v) is 4.54. The molecular formula is C8H5ClO2S. The molecule has 0 aliphatic rings. The molecule has 0 aromatic carbocycles. The van der Waals surface area contributed by atoms with Crippen molar-refractivity contribution in [1.29, 1.82) is 0 Å². The molecule has 0 saturated heterocycles. The summed E-state index contributed by atoms with van der Waals surface area (Å²) in [6.45, 7) is 0. The first-order chi connectivity index (χ1) is 5.79. The van der Waals surface area contributed by atoms with Gasteiger partial charge in [-0.05, 0) is 11.4 Å². The zero-order valence-electron chi connectivity index (χ0n) is 5.95. The highest BCUT2D eigenvalue weighted by Gasteiger charge is 2.12. The third-order valence-electron chi connectivity index (χ3n) is 1.47. The van der Waals surface area contributed by atoms with Crippen LogP contribution in [0, 0.1) is 0 Å². The Morgan fingerprint density at radius 3 is 2.75 bits per heavy atom. The quantitative estimate of drug-likeness (QED) is 0.766. The van der Waals surface area contributed by atoms with E-state index in [4.69, 9.17) is 16.0 Å². The van der Waals surface area contributed by atoms with Crippen molar-refractivity contribution < 1.29 is 9.52 Å². The van der Waals surface area contributed by atoms with Gasteiger partial charge in [-0.15, -0.1) is 11.3 Å². The second-order valence-electron chi connectivity index (χ2n) is 2.23. The lowest BCUT2D eigenvalue weighted by molar-refractivity contribution is 0.465. The average Bonchev–Trinajstić information content (AvgIpc) is 2.59. The van der Waals surface area contributed by atoms with E-state index < -0.39 is 0 Å². The summed E-state index contributed by atoms with van der Waals surface area (Å²) in [5, 5.41) is 11.7. The van der Waals surface area contributed by atoms with Gasteiger partial charge in [0, 0.05) is 6.07 Å². The van der Waals surface area contributed by atoms with Gasteiger partial charge >= 0.3 is 0 Å². The van der Waals surface area contributed by atoms with Crippen molar-refractivity contribution in [3.8, 4) is 16.4 Å². The van der Waals surface area contributed by atoms with Crippen molar-refractivity contribution in [2.45, 2.75) is 0 Å². The van der Waals surface area contributed by atoms with Crippen molar-refractivity contribution in [3.63, 3.8) is 0 Å². The van der Waals surface area contributed by atoms with Gasteiger partial charge in [-0.25, -0.2) is 0 Å². The van der Waals surface area contributed by atoms with Crippen LogP contribution in [-0.2, 0) is 0 Å². The van der Waals surface area contributed by atoms with Crippen LogP contribution in [0.2, 0.25) is 5.02 Å². The predicted molar refractivity (Wildman–Crippen MR) is 48.7 cm³/mol. The zero-order valence-corrected chi connectivity index (χ0v) is 7.52. The lowest BCUT2D eigenvalue weighted by Crippen LogP contribution is -1.66. The Labute approximate surface area is 78.0 Å². The largest absolute Gasteiger partial charge is 0.504 e. The smallest absolute Gasteiger partial charge is 0.186 e. The Hall–Kier alpha value is -0.930. The van der Waals surface area contributed by atoms with Crippen LogP contribution >= 0.6 is 22.9 Å². The van der Waals surface area contributed by atoms with E-state index in [1.165, 1.54) is 23.7 Å². The molecule has 0 spiro atoms. The average molecular weight is 201 g/mol. The highest BCUT2D eigenvalue weighted by Crippen LogP contribution is 2.38. The molecule has 0 fully saturated rings. The second-order valence-corrected chi connectivity index (χ2v) is 3.56. The maximum atomic E-state index is 9.30. The molecule has 0 aliphatic carbocycles. The highest BCUT2D eigenvalue weighted by molar-refractivity contribution is 7.14. The van der Waals surface area contributed by atoms with Crippen LogP contribution in [0.15, 0.2) is 28.2 Å². The van der Waals surface area contributed by atoms with E-state index in [9.17, 15) is 5.11 Å². The van der Waals surface area contributed by atoms with Crippen LogP contribution in [0.5, 0.6) is 5.75 Å². The maximum absolute atomic E-state index is 9.30. The van der Waals surface area contributed by atoms with E-state index in [-0.39, 0.29) is 5.75 Å². The molecule has 0 amide bonds. The molecule has 2 nitrogen and oxygen atoms in total. The number of furan rings is 1. The fraction of sp³-hybridized carbons (Fsp3) is 0. The minimum Gasteiger partial charge on any atom is -0.504 e. The molecule has 62 valence electrons. The minimum absolute atomic E-state index is 0.124. The molecule has 0 saturated carbocycles. The summed E-state index contributed by atoms with van der Waals surface area (Å²) < 4.78 is 5.07. The molecule has 0 unspecified atom stereocenters. The van der Waals surface area contributed by atoms with Gasteiger partial charge in [0.25, 0.3) is 0 Å². The van der Waals surface area contributed by atoms with Crippen LogP contribution in [-0.4, -0.2) is 5.11 Å². The van der Waals surface area contributed by atoms with E-state index in [0.29, 0.717) is 10.8 Å². The summed E-state index contributed by atoms with van der Waals surface area (Å²) >= 11 is 7.28. The summed E-state index contributed by atoms with van der Waals surface area (Å²) in [5.74, 6) is 0.564. The maximum Gasteiger partial charge on any atom is 0.186 e. The lowest BCUT2D eigenvalue weighted by atomic mass is 10.3. The number of halogens is 1. The van der Waals surface area contributed by atoms with Crippen molar-refractivity contribution in [1.82, 2.24) is 0 Å². The summed E-state index contributed by atoms with van der Waals surface area (Å²) in [7, 11) is 0. The highest BCUT2D eigenvalue weighted by atomic mass is 35.5. The van der Waals surface area contributed by atoms with Crippen LogP contribution in [0.1, 0.15) is 0 Å². The number of thiophene rings is 1. The molecular weight excluding hydrogens is 196 g/mol. The topological polar surface area (TPSA) is 33.4 Å². The normalized spacial score (nSPS) is 10.4. The Balaban J connectivity index is 2.57. The van der Waals surface area contributed by atoms with Gasteiger partial charge in [-0.2, -0.15) is 0 Å². The Kier molecular flexibility index (Phi) is 1.83. The zero-order chi connectivity index (χ0) is 8.55. The number of hydrogen-bond donors (Lipinski definition) is 1. The van der Waals surface area contributed by atoms with Gasteiger partial charge in [0.1, 0.15) is 0 Å². The van der Waals surface area contributed by atoms with Gasteiger partial charge in [-0.3, -0.25) is 0 Å². The van der Waals surface area contributed by atoms with Crippen molar-refractivity contribution >= 4 is 22.9 Å². The van der Waals surface area contributed by atoms with Gasteiger partial charge in [0.2, 0.25) is 0 Å². The van der Waals surface area contributed by atoms with Gasteiger partial charge in [0.05, 0.1) is 16.2 Å². The molecule has 0 radical (unpaired) electrons. The molecule has 4 heteroatoms. The Morgan fingerprint density at radius 1 is 1.42 bits per heavy atom. The van der Waals surface area contributed by atoms with Crippen LogP contribution in [0.25, 0.3) is 10.6 Å². The van der Waals surface area contributed by atoms with Crippen LogP contribution in [0.3, 0.4) is 0 Å². The van der Waals surface area contributed by atoms with Gasteiger partial charge in [0.15, 0.2) is 11.5 Å². The van der Waals surface area contributed by atoms with Crippen molar-refractivity contribution in [2.75, 3.05) is 0 Å². The van der Waals surface area contributed by atoms with Crippen molar-refractivity contribution in [3.05, 3.63) is 28.8 Å². The van der Waals surface area contributed by atoms with E-state index in [0.717, 1.165) is 4.88 Å². The fourth-order valence-corrected chi connectivity index (χ4v) is 2.07. The Bertz CT molecular complexity index is 353. The number of hydrogen-bond acceptors (Lipinski definition) is 3. The molecule has 1 N–H and O–H groups in total. The molecule has 2 aromatic heterocycles. The molecule has 2 heterocycles. The number of aromatic hydroxyl groups is 1. The van der Waals surface area contributed by atoms with Crippen molar-refractivity contribution in [2.24, 2.45) is 0 Å². The fourth-order valence-electron chi connectivity index (χ4n) is 0.928. The van der Waals surface area contributed by atoms with E-state index in [1.54, 1.807) is 6.07 Å². The molecule has 0 atom stereocenters. The second kappa shape index (κ2) is 2.84. The monoisotopic (exact) mass is 200 g/mol. The summed E-state index contributed by atoms with van der Waals surface area (Å²) in [6.07, 6.45) is 1.43. The third kappa shape index (κ3) is 1.11. The number of rotatable bonds is 1. The molecule has 0 aliphatic heterocycles. The van der Waals surface area contributed by atoms with E-state index >= 15 is 0 Å². The molecule has 2 rings (SSSR count). The summed E-state index contributed by atoms with van der Waals surface area (Å²) in [4.78, 5) is 0.763. The third-order valence-corrected chi connectivity index (χ3v) is 2.81. The summed E-state index contributed by atoms with van der Waals surface area (Å²) in [5.41, 5.74) is 0. The van der Waals surface area contributed by atoms with Gasteiger partial charge < -0.3 is 9.52 Å². The molecule has 0 bridgehead atoms. The molecule has 2 aromatic rings. The van der Waals surface area contributed by atoms with Gasteiger partial charge in [-0.1, -0.05) is 11.6 Å². The van der Waals surface area contributed by atoms with E-state index in [2.05, 4.69) is 0 Å². The molecule has 12 heavy (non-hydrogen) atoms.